The largest absolute Gasteiger partial charge is 0.313 e. The molecule has 0 radical (unpaired) electrons. The summed E-state index contributed by atoms with van der Waals surface area (Å²) in [4.78, 5) is 0. The lowest BCUT2D eigenvalue weighted by atomic mass is 10.1. The van der Waals surface area contributed by atoms with Gasteiger partial charge in [0.1, 0.15) is 0 Å². The smallest absolute Gasteiger partial charge is 0.0738 e. The molecule has 0 bridgehead atoms. The molecule has 0 aliphatic carbocycles. The molecule has 2 rings (SSSR count). The maximum atomic E-state index is 4.55. The van der Waals surface area contributed by atoms with Gasteiger partial charge >= 0.3 is 0 Å². The Hall–Kier alpha value is -1.13. The van der Waals surface area contributed by atoms with E-state index in [1.54, 1.807) is 0 Å². The summed E-state index contributed by atoms with van der Waals surface area (Å²) in [6.45, 7) is 8.97. The zero-order valence-corrected chi connectivity index (χ0v) is 13.3. The Kier molecular flexibility index (Phi) is 4.77. The summed E-state index contributed by atoms with van der Waals surface area (Å²) < 4.78 is 3.16. The van der Waals surface area contributed by atoms with Crippen molar-refractivity contribution in [3.05, 3.63) is 51.3 Å². The Morgan fingerprint density at radius 2 is 2.00 bits per heavy atom. The molecule has 0 unspecified atom stereocenters. The number of hydrogen-bond acceptors (Lipinski definition) is 2. The van der Waals surface area contributed by atoms with Gasteiger partial charge in [0.15, 0.2) is 0 Å². The minimum absolute atomic E-state index is 0.818. The molecule has 3 nitrogen and oxygen atoms in total. The first-order chi connectivity index (χ1) is 9.11. The average molecular weight is 322 g/mol. The predicted molar refractivity (Wildman–Crippen MR) is 82.3 cm³/mol. The molecule has 0 aliphatic heterocycles. The summed E-state index contributed by atoms with van der Waals surface area (Å²) in [6, 6.07) is 8.67. The number of halogens is 1. The second-order valence-corrected chi connectivity index (χ2v) is 5.54. The van der Waals surface area contributed by atoms with E-state index in [9.17, 15) is 0 Å². The number of aryl methyl sites for hydroxylation is 1. The second-order valence-electron chi connectivity index (χ2n) is 4.74. The highest BCUT2D eigenvalue weighted by molar-refractivity contribution is 9.10. The summed E-state index contributed by atoms with van der Waals surface area (Å²) in [5.74, 6) is 0. The lowest BCUT2D eigenvalue weighted by molar-refractivity contribution is 0.656. The van der Waals surface area contributed by atoms with Gasteiger partial charge in [-0.2, -0.15) is 5.10 Å². The fraction of sp³-hybridized carbons (Fsp3) is 0.400. The standard InChI is InChI=1S/C15H20BrN3/c1-4-17-9-13-6-5-7-14(8-13)10-19-12(3)15(16)11(2)18-19/h5-8,17H,4,9-10H2,1-3H3. The minimum Gasteiger partial charge on any atom is -0.313 e. The fourth-order valence-electron chi connectivity index (χ4n) is 2.11. The van der Waals surface area contributed by atoms with E-state index in [-0.39, 0.29) is 0 Å². The monoisotopic (exact) mass is 321 g/mol. The van der Waals surface area contributed by atoms with Gasteiger partial charge in [-0.15, -0.1) is 0 Å². The molecule has 0 fully saturated rings. The lowest BCUT2D eigenvalue weighted by Crippen LogP contribution is -2.12. The molecule has 1 heterocycles. The minimum atomic E-state index is 0.818. The Morgan fingerprint density at radius 3 is 2.63 bits per heavy atom. The molecule has 4 heteroatoms. The third-order valence-electron chi connectivity index (χ3n) is 3.20. The van der Waals surface area contributed by atoms with Crippen LogP contribution in [-0.2, 0) is 13.1 Å². The van der Waals surface area contributed by atoms with E-state index < -0.39 is 0 Å². The molecule has 0 spiro atoms. The van der Waals surface area contributed by atoms with Crippen LogP contribution in [0.15, 0.2) is 28.7 Å². The fourth-order valence-corrected chi connectivity index (χ4v) is 2.39. The molecule has 1 aromatic heterocycles. The highest BCUT2D eigenvalue weighted by Gasteiger charge is 2.08. The molecular weight excluding hydrogens is 302 g/mol. The van der Waals surface area contributed by atoms with Crippen LogP contribution in [0.5, 0.6) is 0 Å². The molecule has 0 saturated heterocycles. The van der Waals surface area contributed by atoms with Crippen LogP contribution in [0, 0.1) is 13.8 Å². The quantitative estimate of drug-likeness (QED) is 0.914. The van der Waals surface area contributed by atoms with Gasteiger partial charge in [0.25, 0.3) is 0 Å². The van der Waals surface area contributed by atoms with Crippen molar-refractivity contribution in [2.75, 3.05) is 6.54 Å². The van der Waals surface area contributed by atoms with Crippen molar-refractivity contribution in [1.29, 1.82) is 0 Å². The Balaban J connectivity index is 2.16. The Bertz CT molecular complexity index is 561. The first-order valence-electron chi connectivity index (χ1n) is 6.60. The number of hydrogen-bond donors (Lipinski definition) is 1. The van der Waals surface area contributed by atoms with Gasteiger partial charge in [0.05, 0.1) is 22.4 Å². The van der Waals surface area contributed by atoms with E-state index in [4.69, 9.17) is 0 Å². The van der Waals surface area contributed by atoms with Gasteiger partial charge in [0, 0.05) is 6.54 Å². The summed E-state index contributed by atoms with van der Waals surface area (Å²) in [6.07, 6.45) is 0. The van der Waals surface area contributed by atoms with E-state index in [2.05, 4.69) is 64.5 Å². The van der Waals surface area contributed by atoms with Crippen molar-refractivity contribution in [2.45, 2.75) is 33.9 Å². The number of rotatable bonds is 5. The van der Waals surface area contributed by atoms with Crippen LogP contribution >= 0.6 is 15.9 Å². The van der Waals surface area contributed by atoms with Crippen molar-refractivity contribution >= 4 is 15.9 Å². The van der Waals surface area contributed by atoms with E-state index in [0.717, 1.165) is 29.8 Å². The predicted octanol–water partition coefficient (Wildman–Crippen LogP) is 3.42. The molecule has 102 valence electrons. The summed E-state index contributed by atoms with van der Waals surface area (Å²) >= 11 is 3.57. The van der Waals surface area contributed by atoms with Crippen LogP contribution in [0.25, 0.3) is 0 Å². The third kappa shape index (κ3) is 3.45. The van der Waals surface area contributed by atoms with Gasteiger partial charge in [-0.1, -0.05) is 31.2 Å². The number of benzene rings is 1. The summed E-state index contributed by atoms with van der Waals surface area (Å²) in [7, 11) is 0. The van der Waals surface area contributed by atoms with Gasteiger partial charge in [-0.25, -0.2) is 0 Å². The van der Waals surface area contributed by atoms with Crippen LogP contribution in [0.1, 0.15) is 29.4 Å². The van der Waals surface area contributed by atoms with Crippen LogP contribution < -0.4 is 5.32 Å². The van der Waals surface area contributed by atoms with Gasteiger partial charge in [-0.3, -0.25) is 4.68 Å². The van der Waals surface area contributed by atoms with Crippen molar-refractivity contribution in [1.82, 2.24) is 15.1 Å². The van der Waals surface area contributed by atoms with Crippen LogP contribution in [0.3, 0.4) is 0 Å². The average Bonchev–Trinajstić information content (AvgIpc) is 2.64. The Labute approximate surface area is 123 Å². The molecule has 0 aliphatic rings. The summed E-state index contributed by atoms with van der Waals surface area (Å²) in [5, 5.41) is 7.90. The van der Waals surface area contributed by atoms with Crippen molar-refractivity contribution < 1.29 is 0 Å². The van der Waals surface area contributed by atoms with Gasteiger partial charge in [0.2, 0.25) is 0 Å². The van der Waals surface area contributed by atoms with Gasteiger partial charge < -0.3 is 5.32 Å². The van der Waals surface area contributed by atoms with E-state index in [1.165, 1.54) is 16.8 Å². The van der Waals surface area contributed by atoms with Crippen molar-refractivity contribution in [2.24, 2.45) is 0 Å². The first-order valence-corrected chi connectivity index (χ1v) is 7.39. The maximum absolute atomic E-state index is 4.55. The van der Waals surface area contributed by atoms with Crippen LogP contribution in [0.2, 0.25) is 0 Å². The van der Waals surface area contributed by atoms with Crippen molar-refractivity contribution in [3.63, 3.8) is 0 Å². The summed E-state index contributed by atoms with van der Waals surface area (Å²) in [5.41, 5.74) is 4.82. The normalized spacial score (nSPS) is 10.9. The molecular formula is C15H20BrN3. The van der Waals surface area contributed by atoms with E-state index >= 15 is 0 Å². The second kappa shape index (κ2) is 6.35. The van der Waals surface area contributed by atoms with E-state index in [1.807, 2.05) is 11.6 Å². The zero-order chi connectivity index (χ0) is 13.8. The maximum Gasteiger partial charge on any atom is 0.0738 e. The van der Waals surface area contributed by atoms with Crippen LogP contribution in [0.4, 0.5) is 0 Å². The molecule has 0 saturated carbocycles. The van der Waals surface area contributed by atoms with Gasteiger partial charge in [-0.05, 0) is 47.4 Å². The number of nitrogens with one attached hydrogen (secondary N) is 1. The van der Waals surface area contributed by atoms with Crippen molar-refractivity contribution in [3.8, 4) is 0 Å². The topological polar surface area (TPSA) is 29.9 Å². The molecule has 0 atom stereocenters. The zero-order valence-electron chi connectivity index (χ0n) is 11.7. The van der Waals surface area contributed by atoms with E-state index in [0.29, 0.717) is 0 Å². The third-order valence-corrected chi connectivity index (χ3v) is 4.34. The molecule has 2 aromatic rings. The SMILES string of the molecule is CCNCc1cccc(Cn2nc(C)c(Br)c2C)c1. The molecule has 0 amide bonds. The highest BCUT2D eigenvalue weighted by atomic mass is 79.9. The first kappa shape index (κ1) is 14.3. The lowest BCUT2D eigenvalue weighted by Gasteiger charge is -2.07. The highest BCUT2D eigenvalue weighted by Crippen LogP contribution is 2.20. The number of aromatic nitrogens is 2. The molecule has 1 N–H and O–H groups in total. The number of nitrogens with zero attached hydrogens (tertiary/aromatic N) is 2. The van der Waals surface area contributed by atoms with Crippen LogP contribution in [-0.4, -0.2) is 16.3 Å². The molecule has 1 aromatic carbocycles. The Morgan fingerprint density at radius 1 is 1.26 bits per heavy atom. The molecule has 19 heavy (non-hydrogen) atoms.